The second kappa shape index (κ2) is 12.0. The third-order valence-corrected chi connectivity index (χ3v) is 6.21. The number of para-hydroxylation sites is 1. The van der Waals surface area contributed by atoms with Gasteiger partial charge in [-0.05, 0) is 54.6 Å². The molecule has 1 N–H and O–H groups in total. The number of amides is 1. The molecule has 180 valence electrons. The maximum atomic E-state index is 12.3. The molecule has 10 nitrogen and oxygen atoms in total. The number of nitro benzene ring substituents is 1. The number of allylic oxidation sites excluding steroid dienone is 1. The lowest BCUT2D eigenvalue weighted by Crippen LogP contribution is -2.19. The van der Waals surface area contributed by atoms with Gasteiger partial charge in [0, 0.05) is 40.4 Å². The van der Waals surface area contributed by atoms with E-state index >= 15 is 0 Å². The van der Waals surface area contributed by atoms with Crippen molar-refractivity contribution in [2.45, 2.75) is 5.16 Å². The summed E-state index contributed by atoms with van der Waals surface area (Å²) in [6.07, 6.45) is 7.77. The van der Waals surface area contributed by atoms with Crippen LogP contribution in [0.4, 0.5) is 5.69 Å². The average molecular weight is 564 g/mol. The number of nitrogens with zero attached hydrogens (tertiary/aromatic N) is 6. The van der Waals surface area contributed by atoms with Crippen LogP contribution >= 0.6 is 27.7 Å². The largest absolute Gasteiger partial charge is 0.276 e. The first-order valence-electron chi connectivity index (χ1n) is 10.5. The number of hydrogen-bond acceptors (Lipinski definition) is 8. The topological polar surface area (TPSA) is 128 Å². The molecule has 2 aromatic heterocycles. The third-order valence-electron chi connectivity index (χ3n) is 4.75. The van der Waals surface area contributed by atoms with Crippen LogP contribution in [0.15, 0.2) is 93.9 Å². The van der Waals surface area contributed by atoms with Gasteiger partial charge in [-0.25, -0.2) is 5.43 Å². The molecule has 0 unspecified atom stereocenters. The SMILES string of the molecule is O=C(CSc1nnc(-c2ccncc2)n1-c1ccc(Br)cc1)N/N=C\C=C\c1ccccc1[N+](=O)[O-]. The van der Waals surface area contributed by atoms with Gasteiger partial charge in [-0.2, -0.15) is 5.10 Å². The molecule has 12 heteroatoms. The number of pyridine rings is 1. The van der Waals surface area contributed by atoms with E-state index in [2.05, 4.69) is 41.6 Å². The molecule has 0 bridgehead atoms. The molecule has 0 aliphatic heterocycles. The monoisotopic (exact) mass is 563 g/mol. The zero-order chi connectivity index (χ0) is 25.3. The van der Waals surface area contributed by atoms with Crippen molar-refractivity contribution in [3.63, 3.8) is 0 Å². The number of thioether (sulfide) groups is 1. The smallest absolute Gasteiger partial charge is 0.272 e. The number of hydrogen-bond donors (Lipinski definition) is 1. The second-order valence-corrected chi connectivity index (χ2v) is 8.99. The van der Waals surface area contributed by atoms with Crippen molar-refractivity contribution in [1.29, 1.82) is 0 Å². The van der Waals surface area contributed by atoms with Gasteiger partial charge < -0.3 is 0 Å². The highest BCUT2D eigenvalue weighted by atomic mass is 79.9. The number of carbonyl (C=O) groups excluding carboxylic acids is 1. The van der Waals surface area contributed by atoms with Gasteiger partial charge in [-0.15, -0.1) is 10.2 Å². The lowest BCUT2D eigenvalue weighted by Gasteiger charge is -2.10. The van der Waals surface area contributed by atoms with E-state index in [0.29, 0.717) is 16.5 Å². The van der Waals surface area contributed by atoms with E-state index in [1.165, 1.54) is 30.1 Å². The first-order chi connectivity index (χ1) is 17.5. The molecular weight excluding hydrogens is 546 g/mol. The Balaban J connectivity index is 1.42. The Morgan fingerprint density at radius 2 is 1.86 bits per heavy atom. The lowest BCUT2D eigenvalue weighted by atomic mass is 10.2. The van der Waals surface area contributed by atoms with Gasteiger partial charge in [0.05, 0.1) is 16.2 Å². The summed E-state index contributed by atoms with van der Waals surface area (Å²) in [7, 11) is 0. The van der Waals surface area contributed by atoms with E-state index < -0.39 is 4.92 Å². The number of aromatic nitrogens is 4. The minimum atomic E-state index is -0.455. The summed E-state index contributed by atoms with van der Waals surface area (Å²) >= 11 is 4.66. The number of nitrogens with one attached hydrogen (secondary N) is 1. The van der Waals surface area contributed by atoms with Crippen LogP contribution in [0.25, 0.3) is 23.2 Å². The molecule has 1 amide bonds. The molecule has 0 saturated carbocycles. The summed E-state index contributed by atoms with van der Waals surface area (Å²) in [4.78, 5) is 27.0. The molecule has 0 spiro atoms. The van der Waals surface area contributed by atoms with Crippen LogP contribution in [0.1, 0.15) is 5.56 Å². The number of carbonyl (C=O) groups is 1. The van der Waals surface area contributed by atoms with Crippen LogP contribution < -0.4 is 5.43 Å². The van der Waals surface area contributed by atoms with Gasteiger partial charge >= 0.3 is 0 Å². The van der Waals surface area contributed by atoms with Crippen LogP contribution in [0.2, 0.25) is 0 Å². The molecule has 2 aromatic carbocycles. The van der Waals surface area contributed by atoms with Gasteiger partial charge in [0.1, 0.15) is 0 Å². The van der Waals surface area contributed by atoms with Crippen LogP contribution in [-0.4, -0.2) is 42.5 Å². The molecule has 2 heterocycles. The van der Waals surface area contributed by atoms with Crippen molar-refractivity contribution in [1.82, 2.24) is 25.2 Å². The number of nitro groups is 1. The maximum absolute atomic E-state index is 12.3. The molecular formula is C24H18BrN7O3S. The van der Waals surface area contributed by atoms with E-state index in [1.807, 2.05) is 41.0 Å². The third kappa shape index (κ3) is 6.29. The van der Waals surface area contributed by atoms with Crippen molar-refractivity contribution < 1.29 is 9.72 Å². The minimum absolute atomic E-state index is 0.0106. The molecule has 0 aliphatic carbocycles. The summed E-state index contributed by atoms with van der Waals surface area (Å²) < 4.78 is 2.81. The summed E-state index contributed by atoms with van der Waals surface area (Å²) in [6, 6.07) is 17.7. The quantitative estimate of drug-likeness (QED) is 0.132. The Morgan fingerprint density at radius 3 is 2.61 bits per heavy atom. The lowest BCUT2D eigenvalue weighted by molar-refractivity contribution is -0.385. The van der Waals surface area contributed by atoms with E-state index in [-0.39, 0.29) is 17.3 Å². The minimum Gasteiger partial charge on any atom is -0.272 e. The number of rotatable bonds is 9. The molecule has 4 rings (SSSR count). The summed E-state index contributed by atoms with van der Waals surface area (Å²) in [5, 5.41) is 24.1. The van der Waals surface area contributed by atoms with Gasteiger partial charge in [0.25, 0.3) is 11.6 Å². The van der Waals surface area contributed by atoms with Crippen LogP contribution in [-0.2, 0) is 4.79 Å². The van der Waals surface area contributed by atoms with Crippen molar-refractivity contribution >= 4 is 51.6 Å². The highest BCUT2D eigenvalue weighted by Gasteiger charge is 2.17. The van der Waals surface area contributed by atoms with Gasteiger partial charge in [-0.1, -0.05) is 39.8 Å². The summed E-state index contributed by atoms with van der Waals surface area (Å²) in [5.41, 5.74) is 4.55. The molecule has 0 saturated heterocycles. The number of halogens is 1. The predicted octanol–water partition coefficient (Wildman–Crippen LogP) is 4.91. The van der Waals surface area contributed by atoms with Crippen molar-refractivity contribution in [2.75, 3.05) is 5.75 Å². The van der Waals surface area contributed by atoms with Gasteiger partial charge in [0.15, 0.2) is 11.0 Å². The highest BCUT2D eigenvalue weighted by Crippen LogP contribution is 2.28. The maximum Gasteiger partial charge on any atom is 0.276 e. The summed E-state index contributed by atoms with van der Waals surface area (Å²) in [6.45, 7) is 0. The number of benzene rings is 2. The first kappa shape index (κ1) is 24.9. The van der Waals surface area contributed by atoms with Crippen LogP contribution in [0.5, 0.6) is 0 Å². The van der Waals surface area contributed by atoms with Crippen LogP contribution in [0, 0.1) is 10.1 Å². The van der Waals surface area contributed by atoms with E-state index in [0.717, 1.165) is 15.7 Å². The Morgan fingerprint density at radius 1 is 1.11 bits per heavy atom. The molecule has 0 atom stereocenters. The Bertz CT molecular complexity index is 1420. The van der Waals surface area contributed by atoms with Crippen molar-refractivity contribution in [3.05, 3.63) is 99.3 Å². The van der Waals surface area contributed by atoms with E-state index in [1.54, 1.807) is 36.7 Å². The fraction of sp³-hybridized carbons (Fsp3) is 0.0417. The Hall–Kier alpha value is -4.16. The first-order valence-corrected chi connectivity index (χ1v) is 12.3. The van der Waals surface area contributed by atoms with Gasteiger partial charge in [0.2, 0.25) is 0 Å². The fourth-order valence-electron chi connectivity index (χ4n) is 3.13. The number of hydrazone groups is 1. The standard InChI is InChI=1S/C24H18BrN7O3S/c25-19-7-9-20(10-8-19)31-23(18-11-14-26-15-12-18)29-30-24(31)36-16-22(33)28-27-13-3-5-17-4-1-2-6-21(17)32(34)35/h1-15H,16H2,(H,28,33)/b5-3+,27-13-. The van der Waals surface area contributed by atoms with Crippen LogP contribution in [0.3, 0.4) is 0 Å². The Labute approximate surface area is 218 Å². The van der Waals surface area contributed by atoms with E-state index in [4.69, 9.17) is 0 Å². The zero-order valence-electron chi connectivity index (χ0n) is 18.6. The molecule has 0 aliphatic rings. The predicted molar refractivity (Wildman–Crippen MR) is 142 cm³/mol. The normalized spacial score (nSPS) is 11.2. The van der Waals surface area contributed by atoms with Crippen molar-refractivity contribution in [3.8, 4) is 17.1 Å². The van der Waals surface area contributed by atoms with Gasteiger partial charge in [-0.3, -0.25) is 24.5 Å². The highest BCUT2D eigenvalue weighted by molar-refractivity contribution is 9.10. The van der Waals surface area contributed by atoms with Crippen molar-refractivity contribution in [2.24, 2.45) is 5.10 Å². The molecule has 4 aromatic rings. The average Bonchev–Trinajstić information content (AvgIpc) is 3.32. The Kier molecular flexibility index (Phi) is 8.32. The van der Waals surface area contributed by atoms with E-state index in [9.17, 15) is 14.9 Å². The second-order valence-electron chi connectivity index (χ2n) is 7.13. The molecule has 0 fully saturated rings. The zero-order valence-corrected chi connectivity index (χ0v) is 21.0. The molecule has 36 heavy (non-hydrogen) atoms. The molecule has 0 radical (unpaired) electrons. The fourth-order valence-corrected chi connectivity index (χ4v) is 4.14. The summed E-state index contributed by atoms with van der Waals surface area (Å²) in [5.74, 6) is 0.336.